The molecule has 1 aliphatic carbocycles. The van der Waals surface area contributed by atoms with Crippen molar-refractivity contribution < 1.29 is 4.74 Å². The summed E-state index contributed by atoms with van der Waals surface area (Å²) >= 11 is 5.94. The van der Waals surface area contributed by atoms with Crippen molar-refractivity contribution in [3.63, 3.8) is 0 Å². The third-order valence-electron chi connectivity index (χ3n) is 2.41. The first kappa shape index (κ1) is 9.59. The Balaban J connectivity index is 2.08. The van der Waals surface area contributed by atoms with E-state index in [1.54, 1.807) is 12.3 Å². The van der Waals surface area contributed by atoms with Gasteiger partial charge in [-0.3, -0.25) is 0 Å². The second-order valence-corrected chi connectivity index (χ2v) is 3.99. The van der Waals surface area contributed by atoms with Gasteiger partial charge in [0.25, 0.3) is 0 Å². The Labute approximate surface area is 88.2 Å². The zero-order valence-corrected chi connectivity index (χ0v) is 8.63. The van der Waals surface area contributed by atoms with Gasteiger partial charge in [-0.25, -0.2) is 4.98 Å². The second kappa shape index (κ2) is 4.05. The molecule has 76 valence electrons. The second-order valence-electron chi connectivity index (χ2n) is 3.58. The van der Waals surface area contributed by atoms with Gasteiger partial charge in [-0.2, -0.15) is 0 Å². The SMILES string of the molecule is Nc1cnc(OC2CCCC2)c(Cl)c1. The summed E-state index contributed by atoms with van der Waals surface area (Å²) in [5.41, 5.74) is 6.10. The first-order valence-electron chi connectivity index (χ1n) is 4.83. The fraction of sp³-hybridized carbons (Fsp3) is 0.500. The van der Waals surface area contributed by atoms with Crippen molar-refractivity contribution in [2.75, 3.05) is 5.73 Å². The van der Waals surface area contributed by atoms with Crippen molar-refractivity contribution in [3.8, 4) is 5.88 Å². The number of anilines is 1. The molecular formula is C10H13ClN2O. The average molecular weight is 213 g/mol. The highest BCUT2D eigenvalue weighted by Crippen LogP contribution is 2.28. The van der Waals surface area contributed by atoms with E-state index in [1.807, 2.05) is 0 Å². The van der Waals surface area contributed by atoms with Crippen LogP contribution in [0.3, 0.4) is 0 Å². The van der Waals surface area contributed by atoms with Gasteiger partial charge in [0.05, 0.1) is 11.9 Å². The first-order chi connectivity index (χ1) is 6.75. The minimum atomic E-state index is 0.281. The molecule has 1 saturated carbocycles. The first-order valence-corrected chi connectivity index (χ1v) is 5.21. The molecule has 0 bridgehead atoms. The molecule has 1 aromatic rings. The number of halogens is 1. The Morgan fingerprint density at radius 2 is 2.14 bits per heavy atom. The summed E-state index contributed by atoms with van der Waals surface area (Å²) in [6, 6.07) is 1.67. The fourth-order valence-corrected chi connectivity index (χ4v) is 1.91. The molecule has 2 N–H and O–H groups in total. The van der Waals surface area contributed by atoms with E-state index in [0.29, 0.717) is 16.6 Å². The van der Waals surface area contributed by atoms with Crippen LogP contribution in [0.2, 0.25) is 5.02 Å². The Morgan fingerprint density at radius 1 is 1.43 bits per heavy atom. The minimum absolute atomic E-state index is 0.281. The van der Waals surface area contributed by atoms with Gasteiger partial charge in [0.15, 0.2) is 0 Å². The van der Waals surface area contributed by atoms with Crippen LogP contribution in [0.15, 0.2) is 12.3 Å². The Bertz CT molecular complexity index is 324. The van der Waals surface area contributed by atoms with Crippen molar-refractivity contribution >= 4 is 17.3 Å². The molecule has 0 amide bonds. The maximum Gasteiger partial charge on any atom is 0.232 e. The predicted octanol–water partition coefficient (Wildman–Crippen LogP) is 2.64. The molecule has 0 spiro atoms. The average Bonchev–Trinajstić information content (AvgIpc) is 2.62. The van der Waals surface area contributed by atoms with Gasteiger partial charge < -0.3 is 10.5 Å². The summed E-state index contributed by atoms with van der Waals surface area (Å²) in [4.78, 5) is 4.06. The van der Waals surface area contributed by atoms with Gasteiger partial charge in [-0.05, 0) is 31.7 Å². The molecule has 0 saturated heterocycles. The highest BCUT2D eigenvalue weighted by molar-refractivity contribution is 6.32. The molecular weight excluding hydrogens is 200 g/mol. The summed E-state index contributed by atoms with van der Waals surface area (Å²) in [6.07, 6.45) is 6.51. The molecule has 3 nitrogen and oxygen atoms in total. The Hall–Kier alpha value is -0.960. The molecule has 1 fully saturated rings. The number of nitrogens with zero attached hydrogens (tertiary/aromatic N) is 1. The van der Waals surface area contributed by atoms with Gasteiger partial charge >= 0.3 is 0 Å². The number of ether oxygens (including phenoxy) is 1. The zero-order chi connectivity index (χ0) is 9.97. The van der Waals surface area contributed by atoms with Crippen LogP contribution in [0.25, 0.3) is 0 Å². The van der Waals surface area contributed by atoms with E-state index in [9.17, 15) is 0 Å². The Kier molecular flexibility index (Phi) is 2.77. The van der Waals surface area contributed by atoms with Gasteiger partial charge in [0, 0.05) is 0 Å². The lowest BCUT2D eigenvalue weighted by atomic mass is 10.3. The van der Waals surface area contributed by atoms with Crippen LogP contribution >= 0.6 is 11.6 Å². The van der Waals surface area contributed by atoms with Crippen LogP contribution in [0.5, 0.6) is 5.88 Å². The van der Waals surface area contributed by atoms with Crippen LogP contribution < -0.4 is 10.5 Å². The monoisotopic (exact) mass is 212 g/mol. The van der Waals surface area contributed by atoms with E-state index in [1.165, 1.54) is 12.8 Å². The molecule has 2 rings (SSSR count). The van der Waals surface area contributed by atoms with E-state index < -0.39 is 0 Å². The van der Waals surface area contributed by atoms with Crippen LogP contribution in [0.4, 0.5) is 5.69 Å². The van der Waals surface area contributed by atoms with Crippen molar-refractivity contribution in [2.24, 2.45) is 0 Å². The molecule has 4 heteroatoms. The number of hydrogen-bond acceptors (Lipinski definition) is 3. The van der Waals surface area contributed by atoms with Crippen molar-refractivity contribution in [1.29, 1.82) is 0 Å². The van der Waals surface area contributed by atoms with Gasteiger partial charge in [0.2, 0.25) is 5.88 Å². The molecule has 1 aliphatic rings. The topological polar surface area (TPSA) is 48.1 Å². The molecule has 0 aromatic carbocycles. The maximum absolute atomic E-state index is 5.94. The standard InChI is InChI=1S/C10H13ClN2O/c11-9-5-7(12)6-13-10(9)14-8-3-1-2-4-8/h5-6,8H,1-4,12H2. The number of rotatable bonds is 2. The molecule has 1 aromatic heterocycles. The van der Waals surface area contributed by atoms with Crippen LogP contribution in [-0.4, -0.2) is 11.1 Å². The highest BCUT2D eigenvalue weighted by Gasteiger charge is 2.18. The molecule has 0 atom stereocenters. The number of nitrogen functional groups attached to an aromatic ring is 1. The lowest BCUT2D eigenvalue weighted by molar-refractivity contribution is 0.201. The molecule has 14 heavy (non-hydrogen) atoms. The van der Waals surface area contributed by atoms with E-state index >= 15 is 0 Å². The minimum Gasteiger partial charge on any atom is -0.473 e. The number of pyridine rings is 1. The molecule has 0 unspecified atom stereocenters. The van der Waals surface area contributed by atoms with Crippen LogP contribution in [0.1, 0.15) is 25.7 Å². The van der Waals surface area contributed by atoms with Gasteiger partial charge in [-0.15, -0.1) is 0 Å². The maximum atomic E-state index is 5.94. The van der Waals surface area contributed by atoms with Crippen LogP contribution in [0, 0.1) is 0 Å². The van der Waals surface area contributed by atoms with E-state index in [4.69, 9.17) is 22.1 Å². The van der Waals surface area contributed by atoms with Crippen LogP contribution in [-0.2, 0) is 0 Å². The van der Waals surface area contributed by atoms with Gasteiger partial charge in [0.1, 0.15) is 11.1 Å². The highest BCUT2D eigenvalue weighted by atomic mass is 35.5. The van der Waals surface area contributed by atoms with Crippen molar-refractivity contribution in [2.45, 2.75) is 31.8 Å². The third kappa shape index (κ3) is 2.10. The van der Waals surface area contributed by atoms with E-state index in [0.717, 1.165) is 12.8 Å². The summed E-state index contributed by atoms with van der Waals surface area (Å²) in [5, 5.41) is 0.497. The number of hydrogen-bond donors (Lipinski definition) is 1. The van der Waals surface area contributed by atoms with Crippen molar-refractivity contribution in [1.82, 2.24) is 4.98 Å². The lowest BCUT2D eigenvalue weighted by Crippen LogP contribution is -2.12. The smallest absolute Gasteiger partial charge is 0.232 e. The zero-order valence-electron chi connectivity index (χ0n) is 7.87. The quantitative estimate of drug-likeness (QED) is 0.820. The third-order valence-corrected chi connectivity index (χ3v) is 2.68. The largest absolute Gasteiger partial charge is 0.473 e. The van der Waals surface area contributed by atoms with E-state index in [-0.39, 0.29) is 6.10 Å². The van der Waals surface area contributed by atoms with E-state index in [2.05, 4.69) is 4.98 Å². The summed E-state index contributed by atoms with van der Waals surface area (Å²) in [5.74, 6) is 0.507. The summed E-state index contributed by atoms with van der Waals surface area (Å²) < 4.78 is 5.66. The summed E-state index contributed by atoms with van der Waals surface area (Å²) in [6.45, 7) is 0. The normalized spacial score (nSPS) is 17.2. The predicted molar refractivity (Wildman–Crippen MR) is 56.5 cm³/mol. The van der Waals surface area contributed by atoms with Gasteiger partial charge in [-0.1, -0.05) is 11.6 Å². The lowest BCUT2D eigenvalue weighted by Gasteiger charge is -2.12. The molecule has 0 radical (unpaired) electrons. The molecule has 1 heterocycles. The molecule has 0 aliphatic heterocycles. The fourth-order valence-electron chi connectivity index (χ4n) is 1.69. The Morgan fingerprint density at radius 3 is 2.79 bits per heavy atom. The number of nitrogens with two attached hydrogens (primary N) is 1. The van der Waals surface area contributed by atoms with Crippen molar-refractivity contribution in [3.05, 3.63) is 17.3 Å². The number of aromatic nitrogens is 1. The summed E-state index contributed by atoms with van der Waals surface area (Å²) in [7, 11) is 0.